The van der Waals surface area contributed by atoms with Crippen LogP contribution in [0, 0.1) is 11.3 Å². The number of fused-ring (bicyclic) bond motifs is 1. The second kappa shape index (κ2) is 3.43. The second-order valence-electron chi connectivity index (χ2n) is 2.93. The lowest BCUT2D eigenvalue weighted by Crippen LogP contribution is -1.85. The zero-order chi connectivity index (χ0) is 9.97. The van der Waals surface area contributed by atoms with Crippen molar-refractivity contribution in [2.45, 2.75) is 6.42 Å². The third-order valence-corrected chi connectivity index (χ3v) is 2.13. The van der Waals surface area contributed by atoms with E-state index in [1.807, 2.05) is 18.2 Å². The van der Waals surface area contributed by atoms with Crippen molar-refractivity contribution in [1.29, 1.82) is 5.26 Å². The maximum absolute atomic E-state index is 8.63. The summed E-state index contributed by atoms with van der Waals surface area (Å²) in [5.41, 5.74) is 1.63. The minimum Gasteiger partial charge on any atom is -0.496 e. The fraction of sp³-hybridized carbons (Fsp3) is 0.182. The maximum atomic E-state index is 8.63. The Morgan fingerprint density at radius 3 is 3.07 bits per heavy atom. The standard InChI is InChI=1S/C11H9NO2/c1-13-9-3-2-4-10-11(9)8(5-6-12)7-14-10/h2-4,7H,5H2,1H3. The van der Waals surface area contributed by atoms with Crippen LogP contribution in [0.15, 0.2) is 28.9 Å². The lowest BCUT2D eigenvalue weighted by atomic mass is 10.1. The minimum absolute atomic E-state index is 0.341. The van der Waals surface area contributed by atoms with Crippen LogP contribution in [0.2, 0.25) is 0 Å². The normalized spacial score (nSPS) is 10.0. The third-order valence-electron chi connectivity index (χ3n) is 2.13. The molecular weight excluding hydrogens is 178 g/mol. The van der Waals surface area contributed by atoms with E-state index in [4.69, 9.17) is 14.4 Å². The number of nitriles is 1. The molecule has 0 fully saturated rings. The summed E-state index contributed by atoms with van der Waals surface area (Å²) in [6.45, 7) is 0. The van der Waals surface area contributed by atoms with Crippen LogP contribution in [0.5, 0.6) is 5.75 Å². The van der Waals surface area contributed by atoms with E-state index in [0.717, 1.165) is 22.3 Å². The van der Waals surface area contributed by atoms with Crippen molar-refractivity contribution in [3.63, 3.8) is 0 Å². The smallest absolute Gasteiger partial charge is 0.137 e. The number of furan rings is 1. The lowest BCUT2D eigenvalue weighted by Gasteiger charge is -2.00. The van der Waals surface area contributed by atoms with Crippen molar-refractivity contribution in [2.75, 3.05) is 7.11 Å². The number of ether oxygens (including phenoxy) is 1. The predicted octanol–water partition coefficient (Wildman–Crippen LogP) is 2.51. The van der Waals surface area contributed by atoms with E-state index in [0.29, 0.717) is 6.42 Å². The van der Waals surface area contributed by atoms with Gasteiger partial charge in [-0.05, 0) is 12.1 Å². The van der Waals surface area contributed by atoms with Gasteiger partial charge in [-0.15, -0.1) is 0 Å². The van der Waals surface area contributed by atoms with Crippen molar-refractivity contribution in [1.82, 2.24) is 0 Å². The van der Waals surface area contributed by atoms with Crippen LogP contribution in [0.1, 0.15) is 5.56 Å². The molecule has 14 heavy (non-hydrogen) atoms. The fourth-order valence-corrected chi connectivity index (χ4v) is 1.50. The first kappa shape index (κ1) is 8.64. The molecule has 1 heterocycles. The average Bonchev–Trinajstić information content (AvgIpc) is 2.62. The highest BCUT2D eigenvalue weighted by Crippen LogP contribution is 2.30. The van der Waals surface area contributed by atoms with Crippen LogP contribution >= 0.6 is 0 Å². The summed E-state index contributed by atoms with van der Waals surface area (Å²) in [6.07, 6.45) is 1.95. The highest BCUT2D eigenvalue weighted by Gasteiger charge is 2.09. The lowest BCUT2D eigenvalue weighted by molar-refractivity contribution is 0.419. The summed E-state index contributed by atoms with van der Waals surface area (Å²) in [7, 11) is 1.61. The monoisotopic (exact) mass is 187 g/mol. The van der Waals surface area contributed by atoms with Crippen LogP contribution in [0.25, 0.3) is 11.0 Å². The second-order valence-corrected chi connectivity index (χ2v) is 2.93. The SMILES string of the molecule is COc1cccc2occ(CC#N)c12. The summed E-state index contributed by atoms with van der Waals surface area (Å²) >= 11 is 0. The van der Waals surface area contributed by atoms with Gasteiger partial charge in [0.1, 0.15) is 11.3 Å². The van der Waals surface area contributed by atoms with E-state index in [1.165, 1.54) is 0 Å². The van der Waals surface area contributed by atoms with E-state index in [-0.39, 0.29) is 0 Å². The average molecular weight is 187 g/mol. The molecule has 0 aliphatic heterocycles. The zero-order valence-corrected chi connectivity index (χ0v) is 7.78. The number of hydrogen-bond acceptors (Lipinski definition) is 3. The molecule has 0 atom stereocenters. The van der Waals surface area contributed by atoms with Crippen LogP contribution in [0.3, 0.4) is 0 Å². The van der Waals surface area contributed by atoms with E-state index >= 15 is 0 Å². The number of methoxy groups -OCH3 is 1. The Kier molecular flexibility index (Phi) is 2.11. The van der Waals surface area contributed by atoms with Gasteiger partial charge in [0.2, 0.25) is 0 Å². The van der Waals surface area contributed by atoms with E-state index in [1.54, 1.807) is 13.4 Å². The third kappa shape index (κ3) is 1.21. The molecule has 1 aromatic heterocycles. The summed E-state index contributed by atoms with van der Waals surface area (Å²) in [6, 6.07) is 7.68. The summed E-state index contributed by atoms with van der Waals surface area (Å²) in [4.78, 5) is 0. The van der Waals surface area contributed by atoms with Gasteiger partial charge in [-0.3, -0.25) is 0 Å². The van der Waals surface area contributed by atoms with E-state index in [9.17, 15) is 0 Å². The van der Waals surface area contributed by atoms with Crippen molar-refractivity contribution in [3.05, 3.63) is 30.0 Å². The molecule has 0 N–H and O–H groups in total. The quantitative estimate of drug-likeness (QED) is 0.725. The summed E-state index contributed by atoms with van der Waals surface area (Å²) in [5.74, 6) is 0.751. The Hall–Kier alpha value is -1.95. The zero-order valence-electron chi connectivity index (χ0n) is 7.78. The van der Waals surface area contributed by atoms with Gasteiger partial charge in [0, 0.05) is 5.56 Å². The number of hydrogen-bond donors (Lipinski definition) is 0. The highest BCUT2D eigenvalue weighted by atomic mass is 16.5. The molecule has 70 valence electrons. The van der Waals surface area contributed by atoms with Gasteiger partial charge < -0.3 is 9.15 Å². The van der Waals surface area contributed by atoms with E-state index < -0.39 is 0 Å². The number of rotatable bonds is 2. The molecule has 0 radical (unpaired) electrons. The van der Waals surface area contributed by atoms with Crippen LogP contribution in [-0.2, 0) is 6.42 Å². The Morgan fingerprint density at radius 1 is 1.50 bits per heavy atom. The summed E-state index contributed by atoms with van der Waals surface area (Å²) < 4.78 is 10.5. The molecule has 0 spiro atoms. The van der Waals surface area contributed by atoms with Gasteiger partial charge in [0.25, 0.3) is 0 Å². The van der Waals surface area contributed by atoms with Crippen LogP contribution in [0.4, 0.5) is 0 Å². The molecule has 3 nitrogen and oxygen atoms in total. The van der Waals surface area contributed by atoms with Gasteiger partial charge in [-0.1, -0.05) is 6.07 Å². The van der Waals surface area contributed by atoms with E-state index in [2.05, 4.69) is 6.07 Å². The van der Waals surface area contributed by atoms with Crippen molar-refractivity contribution >= 4 is 11.0 Å². The number of benzene rings is 1. The molecule has 3 heteroatoms. The van der Waals surface area contributed by atoms with Crippen LogP contribution in [-0.4, -0.2) is 7.11 Å². The first-order chi connectivity index (χ1) is 6.86. The van der Waals surface area contributed by atoms with Crippen molar-refractivity contribution in [2.24, 2.45) is 0 Å². The van der Waals surface area contributed by atoms with Crippen molar-refractivity contribution in [3.8, 4) is 11.8 Å². The van der Waals surface area contributed by atoms with Gasteiger partial charge >= 0.3 is 0 Å². The van der Waals surface area contributed by atoms with Gasteiger partial charge in [-0.2, -0.15) is 5.26 Å². The molecule has 0 aliphatic carbocycles. The Bertz CT molecular complexity index is 493. The van der Waals surface area contributed by atoms with Crippen molar-refractivity contribution < 1.29 is 9.15 Å². The molecule has 2 aromatic rings. The fourth-order valence-electron chi connectivity index (χ4n) is 1.50. The molecule has 0 saturated heterocycles. The molecule has 0 amide bonds. The van der Waals surface area contributed by atoms with Gasteiger partial charge in [0.15, 0.2) is 0 Å². The predicted molar refractivity (Wildman–Crippen MR) is 52.1 cm³/mol. The molecular formula is C11H9NO2. The van der Waals surface area contributed by atoms with Gasteiger partial charge in [0.05, 0.1) is 31.2 Å². The number of nitrogens with zero attached hydrogens (tertiary/aromatic N) is 1. The molecule has 1 aromatic carbocycles. The van der Waals surface area contributed by atoms with Crippen LogP contribution < -0.4 is 4.74 Å². The molecule has 0 bridgehead atoms. The Balaban J connectivity index is 2.69. The largest absolute Gasteiger partial charge is 0.496 e. The summed E-state index contributed by atoms with van der Waals surface area (Å²) in [5, 5.41) is 9.53. The molecule has 0 unspecified atom stereocenters. The molecule has 0 saturated carbocycles. The minimum atomic E-state index is 0.341. The molecule has 0 aliphatic rings. The first-order valence-corrected chi connectivity index (χ1v) is 4.27. The molecule has 2 rings (SSSR count). The Labute approximate surface area is 81.5 Å². The highest BCUT2D eigenvalue weighted by molar-refractivity contribution is 5.87. The topological polar surface area (TPSA) is 46.2 Å². The van der Waals surface area contributed by atoms with Gasteiger partial charge in [-0.25, -0.2) is 0 Å². The Morgan fingerprint density at radius 2 is 2.36 bits per heavy atom. The maximum Gasteiger partial charge on any atom is 0.137 e. The first-order valence-electron chi connectivity index (χ1n) is 4.27.